The van der Waals surface area contributed by atoms with Gasteiger partial charge < -0.3 is 5.11 Å². The molecule has 1 aromatic heterocycles. The summed E-state index contributed by atoms with van der Waals surface area (Å²) in [7, 11) is 0. The average Bonchev–Trinajstić information content (AvgIpc) is 2.79. The van der Waals surface area contributed by atoms with Gasteiger partial charge in [-0.05, 0) is 50.7 Å². The van der Waals surface area contributed by atoms with Crippen LogP contribution in [0.25, 0.3) is 0 Å². The molecule has 1 aromatic rings. The summed E-state index contributed by atoms with van der Waals surface area (Å²) in [6.45, 7) is 2.01. The first-order valence-electron chi connectivity index (χ1n) is 6.36. The number of aliphatic hydroxyl groups is 1. The molecule has 0 saturated heterocycles. The third kappa shape index (κ3) is 3.05. The molecule has 0 amide bonds. The predicted molar refractivity (Wildman–Crippen MR) is 65.3 cm³/mol. The number of aromatic nitrogens is 1. The van der Waals surface area contributed by atoms with Crippen LogP contribution in [0.15, 0.2) is 18.2 Å². The van der Waals surface area contributed by atoms with Gasteiger partial charge in [-0.15, -0.1) is 0 Å². The van der Waals surface area contributed by atoms with E-state index in [1.807, 2.05) is 25.1 Å². The highest BCUT2D eigenvalue weighted by atomic mass is 16.3. The van der Waals surface area contributed by atoms with Crippen LogP contribution < -0.4 is 0 Å². The molecule has 1 fully saturated rings. The van der Waals surface area contributed by atoms with Gasteiger partial charge in [-0.1, -0.05) is 18.9 Å². The van der Waals surface area contributed by atoms with Crippen molar-refractivity contribution in [1.29, 1.82) is 0 Å². The van der Waals surface area contributed by atoms with E-state index in [1.54, 1.807) is 0 Å². The molecule has 1 atom stereocenters. The maximum Gasteiger partial charge on any atom is 0.0572 e. The number of aliphatic hydroxyl groups excluding tert-OH is 1. The topological polar surface area (TPSA) is 33.1 Å². The van der Waals surface area contributed by atoms with E-state index < -0.39 is 0 Å². The summed E-state index contributed by atoms with van der Waals surface area (Å²) in [6, 6.07) is 6.10. The Morgan fingerprint density at radius 3 is 2.81 bits per heavy atom. The van der Waals surface area contributed by atoms with Crippen molar-refractivity contribution in [3.8, 4) is 0 Å². The lowest BCUT2D eigenvalue weighted by molar-refractivity contribution is 0.102. The number of rotatable bonds is 4. The standard InChI is InChI=1S/C14H21NO/c1-11-5-4-8-13(15-11)9-10-14(16)12-6-2-3-7-12/h4-5,8,12,14,16H,2-3,6-7,9-10H2,1H3. The lowest BCUT2D eigenvalue weighted by Gasteiger charge is -2.17. The quantitative estimate of drug-likeness (QED) is 0.844. The summed E-state index contributed by atoms with van der Waals surface area (Å²) in [4.78, 5) is 4.46. The van der Waals surface area contributed by atoms with Crippen LogP contribution in [-0.4, -0.2) is 16.2 Å². The van der Waals surface area contributed by atoms with Crippen molar-refractivity contribution in [2.75, 3.05) is 0 Å². The molecule has 0 radical (unpaired) electrons. The third-order valence-electron chi connectivity index (χ3n) is 3.59. The summed E-state index contributed by atoms with van der Waals surface area (Å²) in [6.07, 6.45) is 6.66. The summed E-state index contributed by atoms with van der Waals surface area (Å²) < 4.78 is 0. The summed E-state index contributed by atoms with van der Waals surface area (Å²) in [5, 5.41) is 10.1. The maximum absolute atomic E-state index is 10.1. The van der Waals surface area contributed by atoms with Gasteiger partial charge in [0.25, 0.3) is 0 Å². The Hall–Kier alpha value is -0.890. The van der Waals surface area contributed by atoms with Gasteiger partial charge in [-0.3, -0.25) is 4.98 Å². The summed E-state index contributed by atoms with van der Waals surface area (Å²) in [5.41, 5.74) is 2.17. The van der Waals surface area contributed by atoms with E-state index in [0.29, 0.717) is 5.92 Å². The Kier molecular flexibility index (Phi) is 3.94. The Balaban J connectivity index is 1.82. The van der Waals surface area contributed by atoms with E-state index in [4.69, 9.17) is 0 Å². The number of pyridine rings is 1. The molecule has 16 heavy (non-hydrogen) atoms. The van der Waals surface area contributed by atoms with E-state index in [9.17, 15) is 5.11 Å². The number of nitrogens with zero attached hydrogens (tertiary/aromatic N) is 1. The molecule has 0 spiro atoms. The fourth-order valence-electron chi connectivity index (χ4n) is 2.61. The van der Waals surface area contributed by atoms with Crippen molar-refractivity contribution in [2.45, 2.75) is 51.6 Å². The first kappa shape index (κ1) is 11.6. The number of aryl methyl sites for hydroxylation is 2. The van der Waals surface area contributed by atoms with Crippen LogP contribution in [0.1, 0.15) is 43.5 Å². The Labute approximate surface area is 97.7 Å². The van der Waals surface area contributed by atoms with Crippen LogP contribution in [0.5, 0.6) is 0 Å². The van der Waals surface area contributed by atoms with Gasteiger partial charge in [0.1, 0.15) is 0 Å². The highest BCUT2D eigenvalue weighted by Gasteiger charge is 2.22. The zero-order valence-corrected chi connectivity index (χ0v) is 10.0. The molecule has 88 valence electrons. The van der Waals surface area contributed by atoms with Crippen LogP contribution in [-0.2, 0) is 6.42 Å². The average molecular weight is 219 g/mol. The molecule has 2 nitrogen and oxygen atoms in total. The second-order valence-corrected chi connectivity index (χ2v) is 4.92. The molecular weight excluding hydrogens is 198 g/mol. The van der Waals surface area contributed by atoms with Crippen LogP contribution >= 0.6 is 0 Å². The molecule has 1 aliphatic rings. The van der Waals surface area contributed by atoms with E-state index >= 15 is 0 Å². The van der Waals surface area contributed by atoms with Crippen molar-refractivity contribution < 1.29 is 5.11 Å². The molecule has 0 aromatic carbocycles. The molecule has 0 bridgehead atoms. The SMILES string of the molecule is Cc1cccc(CCC(O)C2CCCC2)n1. The van der Waals surface area contributed by atoms with E-state index in [-0.39, 0.29) is 6.10 Å². The molecular formula is C14H21NO. The van der Waals surface area contributed by atoms with Crippen molar-refractivity contribution in [1.82, 2.24) is 4.98 Å². The predicted octanol–water partition coefficient (Wildman–Crippen LogP) is 2.87. The van der Waals surface area contributed by atoms with Crippen LogP contribution in [0.4, 0.5) is 0 Å². The second kappa shape index (κ2) is 5.44. The fraction of sp³-hybridized carbons (Fsp3) is 0.643. The van der Waals surface area contributed by atoms with Crippen LogP contribution in [0, 0.1) is 12.8 Å². The minimum Gasteiger partial charge on any atom is -0.393 e. The molecule has 1 unspecified atom stereocenters. The lowest BCUT2D eigenvalue weighted by Crippen LogP contribution is -2.18. The Bertz CT molecular complexity index is 331. The van der Waals surface area contributed by atoms with Crippen LogP contribution in [0.3, 0.4) is 0 Å². The van der Waals surface area contributed by atoms with Crippen molar-refractivity contribution in [3.05, 3.63) is 29.6 Å². The number of hydrogen-bond acceptors (Lipinski definition) is 2. The van der Waals surface area contributed by atoms with E-state index in [2.05, 4.69) is 4.98 Å². The second-order valence-electron chi connectivity index (χ2n) is 4.92. The van der Waals surface area contributed by atoms with Gasteiger partial charge in [0.2, 0.25) is 0 Å². The molecule has 1 aliphatic carbocycles. The minimum absolute atomic E-state index is 0.121. The zero-order valence-electron chi connectivity index (χ0n) is 10.0. The van der Waals surface area contributed by atoms with Gasteiger partial charge in [-0.2, -0.15) is 0 Å². The van der Waals surface area contributed by atoms with E-state index in [1.165, 1.54) is 25.7 Å². The minimum atomic E-state index is -0.121. The largest absolute Gasteiger partial charge is 0.393 e. The van der Waals surface area contributed by atoms with Gasteiger partial charge in [0, 0.05) is 11.4 Å². The maximum atomic E-state index is 10.1. The molecule has 2 heteroatoms. The van der Waals surface area contributed by atoms with Gasteiger partial charge in [0.15, 0.2) is 0 Å². The van der Waals surface area contributed by atoms with Crippen LogP contribution in [0.2, 0.25) is 0 Å². The highest BCUT2D eigenvalue weighted by molar-refractivity contribution is 5.10. The fourth-order valence-corrected chi connectivity index (χ4v) is 2.61. The van der Waals surface area contributed by atoms with Gasteiger partial charge in [-0.25, -0.2) is 0 Å². The molecule has 2 rings (SSSR count). The van der Waals surface area contributed by atoms with Gasteiger partial charge >= 0.3 is 0 Å². The molecule has 1 N–H and O–H groups in total. The molecule has 0 aliphatic heterocycles. The normalized spacial score (nSPS) is 18.9. The summed E-state index contributed by atoms with van der Waals surface area (Å²) in [5.74, 6) is 0.546. The van der Waals surface area contributed by atoms with Gasteiger partial charge in [0.05, 0.1) is 6.10 Å². The Morgan fingerprint density at radius 2 is 2.12 bits per heavy atom. The number of hydrogen-bond donors (Lipinski definition) is 1. The van der Waals surface area contributed by atoms with Crippen molar-refractivity contribution in [2.24, 2.45) is 5.92 Å². The molecule has 1 heterocycles. The Morgan fingerprint density at radius 1 is 1.38 bits per heavy atom. The van der Waals surface area contributed by atoms with E-state index in [0.717, 1.165) is 24.2 Å². The third-order valence-corrected chi connectivity index (χ3v) is 3.59. The summed E-state index contributed by atoms with van der Waals surface area (Å²) >= 11 is 0. The first-order chi connectivity index (χ1) is 7.75. The molecule has 1 saturated carbocycles. The van der Waals surface area contributed by atoms with Crippen molar-refractivity contribution >= 4 is 0 Å². The monoisotopic (exact) mass is 219 g/mol. The first-order valence-corrected chi connectivity index (χ1v) is 6.36. The van der Waals surface area contributed by atoms with Crippen molar-refractivity contribution in [3.63, 3.8) is 0 Å². The zero-order chi connectivity index (χ0) is 11.4. The smallest absolute Gasteiger partial charge is 0.0572 e. The lowest BCUT2D eigenvalue weighted by atomic mass is 9.96. The highest BCUT2D eigenvalue weighted by Crippen LogP contribution is 2.29.